The Morgan fingerprint density at radius 1 is 1.20 bits per heavy atom. The van der Waals surface area contributed by atoms with Crippen molar-refractivity contribution in [1.29, 1.82) is 0 Å². The van der Waals surface area contributed by atoms with Crippen LogP contribution in [-0.4, -0.2) is 44.1 Å². The Morgan fingerprint density at radius 3 is 2.37 bits per heavy atom. The maximum absolute atomic E-state index is 15.1. The minimum Gasteiger partial charge on any atom is -0.494 e. The second-order valence-electron chi connectivity index (χ2n) is 6.89. The normalized spacial score (nSPS) is 15.5. The SMILES string of the molecule is C=C(C)/C=c1/c(N2CCCOC2)nc(-c2c(F)c(OC)cc(OC)c2F)n/c1=C/C. The van der Waals surface area contributed by atoms with Gasteiger partial charge in [0.2, 0.25) is 0 Å². The van der Waals surface area contributed by atoms with E-state index in [2.05, 4.69) is 16.5 Å². The molecular formula is C22H25F2N3O3. The summed E-state index contributed by atoms with van der Waals surface area (Å²) in [4.78, 5) is 10.9. The fraction of sp³-hybridized carbons (Fsp3) is 0.364. The van der Waals surface area contributed by atoms with E-state index in [1.54, 1.807) is 13.0 Å². The summed E-state index contributed by atoms with van der Waals surface area (Å²) in [5, 5.41) is 1.25. The van der Waals surface area contributed by atoms with Crippen molar-refractivity contribution in [3.05, 3.63) is 40.4 Å². The third-order valence-electron chi connectivity index (χ3n) is 4.68. The molecule has 0 unspecified atom stereocenters. The molecule has 6 nitrogen and oxygen atoms in total. The van der Waals surface area contributed by atoms with Crippen molar-refractivity contribution in [3.63, 3.8) is 0 Å². The summed E-state index contributed by atoms with van der Waals surface area (Å²) >= 11 is 0. The van der Waals surface area contributed by atoms with E-state index < -0.39 is 17.2 Å². The van der Waals surface area contributed by atoms with Crippen LogP contribution in [0, 0.1) is 11.6 Å². The van der Waals surface area contributed by atoms with Crippen LogP contribution in [0.25, 0.3) is 23.5 Å². The Labute approximate surface area is 174 Å². The molecule has 2 heterocycles. The van der Waals surface area contributed by atoms with Crippen LogP contribution in [0.5, 0.6) is 11.5 Å². The second-order valence-corrected chi connectivity index (χ2v) is 6.89. The van der Waals surface area contributed by atoms with E-state index in [1.165, 1.54) is 14.2 Å². The average Bonchev–Trinajstić information content (AvgIpc) is 2.75. The fourth-order valence-corrected chi connectivity index (χ4v) is 3.28. The molecule has 0 aliphatic carbocycles. The Balaban J connectivity index is 2.37. The van der Waals surface area contributed by atoms with Gasteiger partial charge in [-0.1, -0.05) is 18.2 Å². The van der Waals surface area contributed by atoms with Crippen molar-refractivity contribution >= 4 is 18.0 Å². The van der Waals surface area contributed by atoms with Crippen molar-refractivity contribution in [2.24, 2.45) is 0 Å². The van der Waals surface area contributed by atoms with Crippen molar-refractivity contribution in [2.75, 3.05) is 39.0 Å². The molecule has 0 saturated carbocycles. The molecule has 0 amide bonds. The number of ether oxygens (including phenoxy) is 3. The third kappa shape index (κ3) is 4.14. The summed E-state index contributed by atoms with van der Waals surface area (Å²) in [5.41, 5.74) is 0.393. The van der Waals surface area contributed by atoms with Crippen molar-refractivity contribution in [1.82, 2.24) is 9.97 Å². The lowest BCUT2D eigenvalue weighted by molar-refractivity contribution is 0.106. The van der Waals surface area contributed by atoms with Crippen LogP contribution >= 0.6 is 0 Å². The summed E-state index contributed by atoms with van der Waals surface area (Å²) in [6.45, 7) is 9.27. The van der Waals surface area contributed by atoms with Gasteiger partial charge in [0, 0.05) is 17.8 Å². The predicted molar refractivity (Wildman–Crippen MR) is 112 cm³/mol. The van der Waals surface area contributed by atoms with Gasteiger partial charge in [0.25, 0.3) is 0 Å². The number of anilines is 1. The van der Waals surface area contributed by atoms with Gasteiger partial charge < -0.3 is 19.1 Å². The number of aromatic nitrogens is 2. The topological polar surface area (TPSA) is 56.7 Å². The van der Waals surface area contributed by atoms with Crippen molar-refractivity contribution in [3.8, 4) is 22.9 Å². The number of allylic oxidation sites excluding steroid dienone is 1. The van der Waals surface area contributed by atoms with Crippen LogP contribution in [0.2, 0.25) is 0 Å². The summed E-state index contributed by atoms with van der Waals surface area (Å²) in [6, 6.07) is 1.16. The molecule has 0 N–H and O–H groups in total. The highest BCUT2D eigenvalue weighted by Crippen LogP contribution is 2.36. The molecule has 1 aromatic carbocycles. The van der Waals surface area contributed by atoms with Gasteiger partial charge >= 0.3 is 0 Å². The van der Waals surface area contributed by atoms with E-state index in [1.807, 2.05) is 17.9 Å². The van der Waals surface area contributed by atoms with Crippen molar-refractivity contribution in [2.45, 2.75) is 20.3 Å². The van der Waals surface area contributed by atoms with Crippen LogP contribution in [-0.2, 0) is 4.74 Å². The van der Waals surface area contributed by atoms with Gasteiger partial charge in [-0.3, -0.25) is 0 Å². The Kier molecular flexibility index (Phi) is 6.66. The van der Waals surface area contributed by atoms with Gasteiger partial charge in [-0.05, 0) is 26.3 Å². The van der Waals surface area contributed by atoms with E-state index in [4.69, 9.17) is 14.2 Å². The van der Waals surface area contributed by atoms with Crippen LogP contribution < -0.4 is 24.9 Å². The second kappa shape index (κ2) is 9.21. The molecule has 8 heteroatoms. The highest BCUT2D eigenvalue weighted by Gasteiger charge is 2.25. The molecule has 1 fully saturated rings. The number of hydrogen-bond donors (Lipinski definition) is 0. The molecule has 0 bridgehead atoms. The molecule has 2 aromatic rings. The number of benzene rings is 1. The third-order valence-corrected chi connectivity index (χ3v) is 4.68. The number of rotatable bonds is 5. The molecule has 1 aliphatic heterocycles. The Hall–Kier alpha value is -3.00. The number of hydrogen-bond acceptors (Lipinski definition) is 6. The average molecular weight is 417 g/mol. The fourth-order valence-electron chi connectivity index (χ4n) is 3.28. The van der Waals surface area contributed by atoms with E-state index in [0.717, 1.165) is 23.3 Å². The molecule has 0 atom stereocenters. The molecule has 0 spiro atoms. The highest BCUT2D eigenvalue weighted by atomic mass is 19.1. The van der Waals surface area contributed by atoms with Gasteiger partial charge in [0.1, 0.15) is 12.5 Å². The lowest BCUT2D eigenvalue weighted by Crippen LogP contribution is -2.42. The summed E-state index contributed by atoms with van der Waals surface area (Å²) in [7, 11) is 2.60. The first-order valence-electron chi connectivity index (χ1n) is 9.55. The number of nitrogens with zero attached hydrogens (tertiary/aromatic N) is 3. The molecule has 1 saturated heterocycles. The smallest absolute Gasteiger partial charge is 0.179 e. The molecular weight excluding hydrogens is 392 g/mol. The predicted octanol–water partition coefficient (Wildman–Crippen LogP) is 2.78. The van der Waals surface area contributed by atoms with Gasteiger partial charge in [0.05, 0.1) is 31.7 Å². The summed E-state index contributed by atoms with van der Waals surface area (Å²) in [6.07, 6.45) is 4.43. The first-order chi connectivity index (χ1) is 14.4. The van der Waals surface area contributed by atoms with Crippen LogP contribution in [0.3, 0.4) is 0 Å². The van der Waals surface area contributed by atoms with Crippen molar-refractivity contribution < 1.29 is 23.0 Å². The number of halogens is 2. The monoisotopic (exact) mass is 417 g/mol. The molecule has 1 aromatic heterocycles. The van der Waals surface area contributed by atoms with Gasteiger partial charge in [-0.2, -0.15) is 0 Å². The van der Waals surface area contributed by atoms with Crippen LogP contribution in [0.15, 0.2) is 18.2 Å². The van der Waals surface area contributed by atoms with Crippen LogP contribution in [0.1, 0.15) is 20.3 Å². The summed E-state index contributed by atoms with van der Waals surface area (Å²) in [5.74, 6) is -1.68. The molecule has 30 heavy (non-hydrogen) atoms. The molecule has 0 radical (unpaired) electrons. The van der Waals surface area contributed by atoms with Gasteiger partial charge in [-0.25, -0.2) is 18.7 Å². The molecule has 3 rings (SSSR count). The zero-order valence-corrected chi connectivity index (χ0v) is 17.6. The maximum Gasteiger partial charge on any atom is 0.179 e. The zero-order chi connectivity index (χ0) is 21.8. The summed E-state index contributed by atoms with van der Waals surface area (Å²) < 4.78 is 45.8. The quantitative estimate of drug-likeness (QED) is 0.746. The van der Waals surface area contributed by atoms with E-state index >= 15 is 8.78 Å². The van der Waals surface area contributed by atoms with Crippen LogP contribution in [0.4, 0.5) is 14.6 Å². The first-order valence-corrected chi connectivity index (χ1v) is 9.55. The van der Waals surface area contributed by atoms with E-state index in [0.29, 0.717) is 31.0 Å². The lowest BCUT2D eigenvalue weighted by Gasteiger charge is -2.28. The minimum atomic E-state index is -0.893. The molecule has 1 aliphatic rings. The standard InChI is InChI=1S/C22H25F2N3O3/c1-6-15-14(10-13(2)3)22(27-8-7-9-30-12-27)26-21(25-15)18-19(23)16(28-4)11-17(29-5)20(18)24/h6,10-11H,2,7-9,12H2,1,3-5H3/b14-10+,15-6+. The van der Waals surface area contributed by atoms with E-state index in [-0.39, 0.29) is 17.3 Å². The Morgan fingerprint density at radius 2 is 1.87 bits per heavy atom. The minimum absolute atomic E-state index is 0.102. The zero-order valence-electron chi connectivity index (χ0n) is 17.6. The lowest BCUT2D eigenvalue weighted by atomic mass is 10.1. The van der Waals surface area contributed by atoms with E-state index in [9.17, 15) is 0 Å². The maximum atomic E-state index is 15.1. The highest BCUT2D eigenvalue weighted by molar-refractivity contribution is 5.66. The van der Waals surface area contributed by atoms with Gasteiger partial charge in [0.15, 0.2) is 29.0 Å². The number of methoxy groups -OCH3 is 2. The molecule has 160 valence electrons. The Bertz CT molecular complexity index is 1050. The van der Waals surface area contributed by atoms with Gasteiger partial charge in [-0.15, -0.1) is 0 Å². The first kappa shape index (κ1) is 21.7. The largest absolute Gasteiger partial charge is 0.494 e.